The average molecular weight is 290 g/mol. The van der Waals surface area contributed by atoms with E-state index in [9.17, 15) is 0 Å². The fourth-order valence-electron chi connectivity index (χ4n) is 1.98. The van der Waals surface area contributed by atoms with Gasteiger partial charge in [0.25, 0.3) is 0 Å². The maximum Gasteiger partial charge on any atom is 0.140 e. The molecule has 20 heavy (non-hydrogen) atoms. The Morgan fingerprint density at radius 1 is 1.35 bits per heavy atom. The monoisotopic (exact) mass is 290 g/mol. The van der Waals surface area contributed by atoms with E-state index in [0.29, 0.717) is 12.5 Å². The number of benzene rings is 1. The number of nitrogens with one attached hydrogen (secondary N) is 1. The van der Waals surface area contributed by atoms with Crippen LogP contribution in [0.15, 0.2) is 24.3 Å². The number of nitrogens with zero attached hydrogens (tertiary/aromatic N) is 1. The van der Waals surface area contributed by atoms with Crippen LogP contribution in [0.4, 0.5) is 0 Å². The molecule has 2 rings (SSSR count). The largest absolute Gasteiger partial charge is 0.486 e. The molecule has 0 radical (unpaired) electrons. The van der Waals surface area contributed by atoms with Crippen LogP contribution in [0, 0.1) is 6.92 Å². The van der Waals surface area contributed by atoms with Gasteiger partial charge in [-0.3, -0.25) is 0 Å². The van der Waals surface area contributed by atoms with Crippen molar-refractivity contribution in [2.75, 3.05) is 7.05 Å². The Labute approximate surface area is 125 Å². The van der Waals surface area contributed by atoms with Crippen LogP contribution >= 0.6 is 11.3 Å². The highest BCUT2D eigenvalue weighted by Crippen LogP contribution is 2.23. The summed E-state index contributed by atoms with van der Waals surface area (Å²) in [6.45, 7) is 7.83. The maximum absolute atomic E-state index is 5.86. The smallest absolute Gasteiger partial charge is 0.140 e. The minimum absolute atomic E-state index is 0.517. The van der Waals surface area contributed by atoms with E-state index in [0.717, 1.165) is 23.0 Å². The predicted molar refractivity (Wildman–Crippen MR) is 84.5 cm³/mol. The topological polar surface area (TPSA) is 34.1 Å². The molecule has 0 bridgehead atoms. The molecule has 0 atom stereocenters. The lowest BCUT2D eigenvalue weighted by molar-refractivity contribution is 0.305. The Morgan fingerprint density at radius 2 is 2.15 bits per heavy atom. The van der Waals surface area contributed by atoms with Gasteiger partial charge in [-0.05, 0) is 37.6 Å². The summed E-state index contributed by atoms with van der Waals surface area (Å²) < 4.78 is 5.86. The van der Waals surface area contributed by atoms with Crippen molar-refractivity contribution < 1.29 is 4.74 Å². The Balaban J connectivity index is 2.01. The van der Waals surface area contributed by atoms with Crippen molar-refractivity contribution >= 4 is 11.3 Å². The zero-order valence-corrected chi connectivity index (χ0v) is 13.4. The Bertz CT molecular complexity index is 563. The average Bonchev–Trinajstić information content (AvgIpc) is 2.78. The summed E-state index contributed by atoms with van der Waals surface area (Å²) in [7, 11) is 1.95. The molecule has 0 unspecified atom stereocenters. The van der Waals surface area contributed by atoms with Crippen LogP contribution in [0.25, 0.3) is 0 Å². The van der Waals surface area contributed by atoms with Crippen LogP contribution in [0.2, 0.25) is 0 Å². The number of aromatic nitrogens is 1. The normalized spacial score (nSPS) is 11.1. The van der Waals surface area contributed by atoms with E-state index in [2.05, 4.69) is 36.3 Å². The molecular weight excluding hydrogens is 268 g/mol. The van der Waals surface area contributed by atoms with Crippen molar-refractivity contribution in [1.82, 2.24) is 10.3 Å². The molecule has 0 amide bonds. The molecule has 108 valence electrons. The van der Waals surface area contributed by atoms with Crippen molar-refractivity contribution in [2.45, 2.75) is 39.8 Å². The minimum atomic E-state index is 0.517. The molecule has 0 aliphatic heterocycles. The number of thiazole rings is 1. The van der Waals surface area contributed by atoms with E-state index in [1.54, 1.807) is 11.3 Å². The third-order valence-corrected chi connectivity index (χ3v) is 4.29. The van der Waals surface area contributed by atoms with Crippen molar-refractivity contribution in [3.05, 3.63) is 45.4 Å². The van der Waals surface area contributed by atoms with Crippen molar-refractivity contribution in [2.24, 2.45) is 0 Å². The first-order valence-electron chi connectivity index (χ1n) is 6.92. The summed E-state index contributed by atoms with van der Waals surface area (Å²) in [6, 6.07) is 8.29. The van der Waals surface area contributed by atoms with Crippen LogP contribution in [0.1, 0.15) is 40.9 Å². The molecule has 3 nitrogen and oxygen atoms in total. The molecule has 1 N–H and O–H groups in total. The van der Waals surface area contributed by atoms with Gasteiger partial charge in [-0.2, -0.15) is 0 Å². The van der Waals surface area contributed by atoms with Crippen LogP contribution in [-0.2, 0) is 13.2 Å². The molecule has 0 spiro atoms. The lowest BCUT2D eigenvalue weighted by Gasteiger charge is -2.08. The predicted octanol–water partition coefficient (Wildman–Crippen LogP) is 3.87. The molecule has 0 saturated carbocycles. The third kappa shape index (κ3) is 3.81. The number of hydrogen-bond acceptors (Lipinski definition) is 4. The fourth-order valence-corrected chi connectivity index (χ4v) is 2.98. The fraction of sp³-hybridized carbons (Fsp3) is 0.438. The molecule has 1 aromatic carbocycles. The van der Waals surface area contributed by atoms with Gasteiger partial charge in [0, 0.05) is 11.4 Å². The number of hydrogen-bond donors (Lipinski definition) is 1. The Morgan fingerprint density at radius 3 is 2.85 bits per heavy atom. The second-order valence-corrected chi connectivity index (χ2v) is 6.33. The summed E-state index contributed by atoms with van der Waals surface area (Å²) in [5, 5.41) is 4.19. The first-order chi connectivity index (χ1) is 9.60. The zero-order valence-electron chi connectivity index (χ0n) is 12.6. The molecule has 1 heterocycles. The summed E-state index contributed by atoms with van der Waals surface area (Å²) in [6.07, 6.45) is 0. The van der Waals surface area contributed by atoms with E-state index in [-0.39, 0.29) is 0 Å². The summed E-state index contributed by atoms with van der Waals surface area (Å²) in [5.41, 5.74) is 2.40. The van der Waals surface area contributed by atoms with Crippen molar-refractivity contribution in [1.29, 1.82) is 0 Å². The lowest BCUT2D eigenvalue weighted by Crippen LogP contribution is -2.04. The molecule has 0 saturated heterocycles. The van der Waals surface area contributed by atoms with Crippen LogP contribution in [0.5, 0.6) is 5.75 Å². The van der Waals surface area contributed by atoms with Gasteiger partial charge in [0.1, 0.15) is 17.4 Å². The Kier molecular flexibility index (Phi) is 5.15. The maximum atomic E-state index is 5.86. The molecule has 0 aliphatic rings. The van der Waals surface area contributed by atoms with E-state index < -0.39 is 0 Å². The van der Waals surface area contributed by atoms with Gasteiger partial charge >= 0.3 is 0 Å². The van der Waals surface area contributed by atoms with Crippen LogP contribution in [0.3, 0.4) is 0 Å². The highest BCUT2D eigenvalue weighted by molar-refractivity contribution is 7.11. The first kappa shape index (κ1) is 15.0. The number of ether oxygens (including phenoxy) is 1. The van der Waals surface area contributed by atoms with Gasteiger partial charge in [0.15, 0.2) is 0 Å². The SMILES string of the molecule is CNCc1sc(COc2cccc(C(C)C)c2)nc1C. The Hall–Kier alpha value is -1.39. The number of aryl methyl sites for hydroxylation is 1. The van der Waals surface area contributed by atoms with Gasteiger partial charge in [0.05, 0.1) is 5.69 Å². The molecule has 4 heteroatoms. The summed E-state index contributed by atoms with van der Waals surface area (Å²) in [4.78, 5) is 5.84. The first-order valence-corrected chi connectivity index (χ1v) is 7.74. The second-order valence-electron chi connectivity index (χ2n) is 5.16. The van der Waals surface area contributed by atoms with E-state index >= 15 is 0 Å². The molecular formula is C16H22N2OS. The van der Waals surface area contributed by atoms with Gasteiger partial charge in [-0.15, -0.1) is 11.3 Å². The summed E-state index contributed by atoms with van der Waals surface area (Å²) in [5.74, 6) is 1.43. The van der Waals surface area contributed by atoms with E-state index in [1.165, 1.54) is 10.4 Å². The second kappa shape index (κ2) is 6.86. The zero-order chi connectivity index (χ0) is 14.5. The van der Waals surface area contributed by atoms with Crippen LogP contribution in [-0.4, -0.2) is 12.0 Å². The highest BCUT2D eigenvalue weighted by atomic mass is 32.1. The molecule has 1 aromatic heterocycles. The molecule has 2 aromatic rings. The van der Waals surface area contributed by atoms with Gasteiger partial charge in [-0.1, -0.05) is 26.0 Å². The highest BCUT2D eigenvalue weighted by Gasteiger charge is 2.08. The van der Waals surface area contributed by atoms with Crippen molar-refractivity contribution in [3.63, 3.8) is 0 Å². The molecule has 0 aliphatic carbocycles. The number of rotatable bonds is 6. The van der Waals surface area contributed by atoms with Crippen LogP contribution < -0.4 is 10.1 Å². The van der Waals surface area contributed by atoms with Gasteiger partial charge in [0.2, 0.25) is 0 Å². The molecule has 0 fully saturated rings. The van der Waals surface area contributed by atoms with Crippen molar-refractivity contribution in [3.8, 4) is 5.75 Å². The van der Waals surface area contributed by atoms with E-state index in [1.807, 2.05) is 26.1 Å². The lowest BCUT2D eigenvalue weighted by atomic mass is 10.0. The quantitative estimate of drug-likeness (QED) is 0.877. The minimum Gasteiger partial charge on any atom is -0.486 e. The summed E-state index contributed by atoms with van der Waals surface area (Å²) >= 11 is 1.72. The van der Waals surface area contributed by atoms with Gasteiger partial charge < -0.3 is 10.1 Å². The van der Waals surface area contributed by atoms with E-state index in [4.69, 9.17) is 4.74 Å². The third-order valence-electron chi connectivity index (χ3n) is 3.16. The van der Waals surface area contributed by atoms with Gasteiger partial charge in [-0.25, -0.2) is 4.98 Å². The standard InChI is InChI=1S/C16H22N2OS/c1-11(2)13-6-5-7-14(8-13)19-10-16-18-12(3)15(20-16)9-17-4/h5-8,11,17H,9-10H2,1-4H3.